The number of aliphatic hydroxyl groups is 1. The van der Waals surface area contributed by atoms with Gasteiger partial charge in [-0.15, -0.1) is 0 Å². The molecule has 1 aliphatic rings. The molecular formula is C23H37BrN2O3. The molecule has 0 bridgehead atoms. The molecule has 1 fully saturated rings. The predicted octanol–water partition coefficient (Wildman–Crippen LogP) is 5.31. The molecule has 29 heavy (non-hydrogen) atoms. The summed E-state index contributed by atoms with van der Waals surface area (Å²) in [5.74, 6) is 1.38. The van der Waals surface area contributed by atoms with Crippen molar-refractivity contribution >= 4 is 22.0 Å². The second kappa shape index (κ2) is 13.2. The van der Waals surface area contributed by atoms with Crippen LogP contribution in [-0.2, 0) is 0 Å². The van der Waals surface area contributed by atoms with Crippen molar-refractivity contribution in [3.05, 3.63) is 28.7 Å². The summed E-state index contributed by atoms with van der Waals surface area (Å²) < 4.78 is 6.46. The van der Waals surface area contributed by atoms with Gasteiger partial charge in [0.2, 0.25) is 0 Å². The minimum absolute atomic E-state index is 0.252. The number of carbonyl (C=O) groups is 1. The zero-order valence-electron chi connectivity index (χ0n) is 18.0. The highest BCUT2D eigenvalue weighted by Gasteiger charge is 2.27. The summed E-state index contributed by atoms with van der Waals surface area (Å²) in [6, 6.07) is 7.64. The van der Waals surface area contributed by atoms with E-state index in [2.05, 4.69) is 27.8 Å². The van der Waals surface area contributed by atoms with Gasteiger partial charge in [-0.05, 0) is 75.4 Å². The fourth-order valence-electron chi connectivity index (χ4n) is 4.16. The number of amides is 1. The van der Waals surface area contributed by atoms with Gasteiger partial charge in [-0.25, -0.2) is 4.79 Å². The van der Waals surface area contributed by atoms with Crippen LogP contribution in [0.25, 0.3) is 0 Å². The number of rotatable bonds is 11. The number of ether oxygens (including phenoxy) is 1. The number of likely N-dealkylation sites (N-methyl/N-ethyl adjacent to an activating group) is 1. The van der Waals surface area contributed by atoms with Gasteiger partial charge in [0, 0.05) is 24.1 Å². The lowest BCUT2D eigenvalue weighted by Crippen LogP contribution is -2.41. The van der Waals surface area contributed by atoms with Crippen LogP contribution in [0.2, 0.25) is 0 Å². The molecule has 164 valence electrons. The highest BCUT2D eigenvalue weighted by Crippen LogP contribution is 2.31. The Hall–Kier alpha value is -1.11. The van der Waals surface area contributed by atoms with Crippen LogP contribution in [0.5, 0.6) is 5.75 Å². The number of hydrogen-bond acceptors (Lipinski definition) is 4. The number of unbranched alkanes of at least 4 members (excludes halogenated alkanes) is 2. The van der Waals surface area contributed by atoms with Crippen molar-refractivity contribution < 1.29 is 14.6 Å². The molecule has 0 heterocycles. The van der Waals surface area contributed by atoms with Gasteiger partial charge >= 0.3 is 6.09 Å². The Morgan fingerprint density at radius 2 is 1.79 bits per heavy atom. The van der Waals surface area contributed by atoms with E-state index in [1.807, 2.05) is 19.2 Å². The van der Waals surface area contributed by atoms with Gasteiger partial charge in [0.25, 0.3) is 0 Å². The van der Waals surface area contributed by atoms with E-state index in [1.165, 1.54) is 38.5 Å². The summed E-state index contributed by atoms with van der Waals surface area (Å²) in [4.78, 5) is 16.5. The van der Waals surface area contributed by atoms with Crippen molar-refractivity contribution in [3.63, 3.8) is 0 Å². The highest BCUT2D eigenvalue weighted by molar-refractivity contribution is 9.10. The van der Waals surface area contributed by atoms with Crippen molar-refractivity contribution in [1.82, 2.24) is 9.80 Å². The Kier molecular flexibility index (Phi) is 11.0. The first kappa shape index (κ1) is 24.2. The summed E-state index contributed by atoms with van der Waals surface area (Å²) in [5.41, 5.74) is 0. The topological polar surface area (TPSA) is 53.0 Å². The van der Waals surface area contributed by atoms with Crippen LogP contribution in [0.15, 0.2) is 28.7 Å². The van der Waals surface area contributed by atoms with Gasteiger partial charge in [-0.1, -0.05) is 42.1 Å². The molecule has 2 rings (SSSR count). The van der Waals surface area contributed by atoms with E-state index < -0.39 is 0 Å². The number of nitrogens with zero attached hydrogens (tertiary/aromatic N) is 2. The van der Waals surface area contributed by atoms with Crippen molar-refractivity contribution in [3.8, 4) is 5.75 Å². The van der Waals surface area contributed by atoms with Crippen molar-refractivity contribution in [2.24, 2.45) is 5.92 Å². The zero-order chi connectivity index (χ0) is 21.1. The predicted molar refractivity (Wildman–Crippen MR) is 121 cm³/mol. The van der Waals surface area contributed by atoms with Crippen LogP contribution in [0.4, 0.5) is 4.79 Å². The van der Waals surface area contributed by atoms with Crippen LogP contribution in [0.1, 0.15) is 58.3 Å². The molecule has 0 aromatic heterocycles. The summed E-state index contributed by atoms with van der Waals surface area (Å²) >= 11 is 3.39. The van der Waals surface area contributed by atoms with Gasteiger partial charge in [0.15, 0.2) is 0 Å². The third-order valence-electron chi connectivity index (χ3n) is 6.12. The molecule has 0 unspecified atom stereocenters. The first-order chi connectivity index (χ1) is 14.0. The first-order valence-corrected chi connectivity index (χ1v) is 11.9. The molecule has 1 N–H and O–H groups in total. The number of benzene rings is 1. The maximum absolute atomic E-state index is 12.4. The monoisotopic (exact) mass is 468 g/mol. The van der Waals surface area contributed by atoms with E-state index in [9.17, 15) is 4.79 Å². The number of halogens is 1. The fourth-order valence-corrected chi connectivity index (χ4v) is 4.42. The van der Waals surface area contributed by atoms with Crippen LogP contribution >= 0.6 is 15.9 Å². The van der Waals surface area contributed by atoms with Gasteiger partial charge in [0.05, 0.1) is 6.61 Å². The van der Waals surface area contributed by atoms with Crippen molar-refractivity contribution in [2.75, 3.05) is 33.3 Å². The largest absolute Gasteiger partial charge is 0.415 e. The quantitative estimate of drug-likeness (QED) is 0.446. The molecule has 0 aliphatic heterocycles. The maximum Gasteiger partial charge on any atom is 0.415 e. The number of hydrogen-bond donors (Lipinski definition) is 1. The van der Waals surface area contributed by atoms with Crippen molar-refractivity contribution in [1.29, 1.82) is 0 Å². The molecule has 0 radical (unpaired) electrons. The molecule has 0 atom stereocenters. The maximum atomic E-state index is 12.4. The Bertz CT molecular complexity index is 588. The van der Waals surface area contributed by atoms with Crippen LogP contribution in [0, 0.1) is 5.92 Å². The zero-order valence-corrected chi connectivity index (χ0v) is 19.6. The second-order valence-corrected chi connectivity index (χ2v) is 9.03. The third-order valence-corrected chi connectivity index (χ3v) is 6.65. The summed E-state index contributed by atoms with van der Waals surface area (Å²) in [6.07, 6.45) is 9.33. The standard InChI is InChI=1S/C23H37BrN2O3/c1-3-26(17-18-27)16-6-4-5-7-19-8-12-21(13-9-19)25(2)23(28)29-22-14-10-20(24)11-15-22/h10-11,14-15,19,21,27H,3-9,12-13,16-18H2,1-2H3/t19-,21-. The highest BCUT2D eigenvalue weighted by atomic mass is 79.9. The van der Waals surface area contributed by atoms with Gasteiger partial charge in [0.1, 0.15) is 5.75 Å². The molecule has 1 aromatic carbocycles. The average Bonchev–Trinajstić information content (AvgIpc) is 2.74. The smallest absolute Gasteiger partial charge is 0.410 e. The van der Waals surface area contributed by atoms with Gasteiger partial charge in [-0.3, -0.25) is 0 Å². The summed E-state index contributed by atoms with van der Waals surface area (Å²) in [6.45, 7) is 5.30. The summed E-state index contributed by atoms with van der Waals surface area (Å²) in [5, 5.41) is 9.04. The van der Waals surface area contributed by atoms with E-state index >= 15 is 0 Å². The van der Waals surface area contributed by atoms with E-state index in [1.54, 1.807) is 17.0 Å². The first-order valence-electron chi connectivity index (χ1n) is 11.1. The SMILES string of the molecule is CCN(CCO)CCCCC[C@H]1CC[C@H](N(C)C(=O)Oc2ccc(Br)cc2)CC1. The average molecular weight is 469 g/mol. The van der Waals surface area contributed by atoms with Crippen molar-refractivity contribution in [2.45, 2.75) is 64.3 Å². The Morgan fingerprint density at radius 3 is 2.41 bits per heavy atom. The van der Waals surface area contributed by atoms with Crippen LogP contribution in [0.3, 0.4) is 0 Å². The van der Waals surface area contributed by atoms with E-state index in [0.717, 1.165) is 42.9 Å². The van der Waals surface area contributed by atoms with E-state index in [4.69, 9.17) is 9.84 Å². The molecule has 5 nitrogen and oxygen atoms in total. The molecule has 1 amide bonds. The molecule has 1 aromatic rings. The number of carbonyl (C=O) groups excluding carboxylic acids is 1. The number of aliphatic hydroxyl groups excluding tert-OH is 1. The second-order valence-electron chi connectivity index (χ2n) is 8.11. The molecular weight excluding hydrogens is 432 g/mol. The lowest BCUT2D eigenvalue weighted by atomic mass is 9.82. The lowest BCUT2D eigenvalue weighted by molar-refractivity contribution is 0.123. The lowest BCUT2D eigenvalue weighted by Gasteiger charge is -2.34. The minimum atomic E-state index is -0.265. The van der Waals surface area contributed by atoms with Gasteiger partial charge < -0.3 is 19.6 Å². The van der Waals surface area contributed by atoms with Crippen LogP contribution in [-0.4, -0.2) is 60.3 Å². The van der Waals surface area contributed by atoms with E-state index in [0.29, 0.717) is 5.75 Å². The van der Waals surface area contributed by atoms with Crippen LogP contribution < -0.4 is 4.74 Å². The minimum Gasteiger partial charge on any atom is -0.410 e. The Labute approximate surface area is 184 Å². The molecule has 6 heteroatoms. The third kappa shape index (κ3) is 8.65. The van der Waals surface area contributed by atoms with E-state index in [-0.39, 0.29) is 18.7 Å². The molecule has 0 saturated heterocycles. The normalized spacial score (nSPS) is 19.3. The van der Waals surface area contributed by atoms with Gasteiger partial charge in [-0.2, -0.15) is 0 Å². The Morgan fingerprint density at radius 1 is 1.10 bits per heavy atom. The summed E-state index contributed by atoms with van der Waals surface area (Å²) in [7, 11) is 1.86. The molecule has 1 saturated carbocycles. The molecule has 1 aliphatic carbocycles. The fraction of sp³-hybridized carbons (Fsp3) is 0.696. The molecule has 0 spiro atoms. The Balaban J connectivity index is 1.61.